The van der Waals surface area contributed by atoms with Crippen LogP contribution in [0.15, 0.2) is 22.6 Å². The monoisotopic (exact) mass is 291 g/mol. The maximum atomic E-state index is 14.0. The summed E-state index contributed by atoms with van der Waals surface area (Å²) >= 11 is 0. The predicted octanol–water partition coefficient (Wildman–Crippen LogP) is 3.50. The number of rotatable bonds is 5. The van der Waals surface area contributed by atoms with Crippen LogP contribution in [0.1, 0.15) is 38.6 Å². The van der Waals surface area contributed by atoms with Crippen molar-refractivity contribution < 1.29 is 8.81 Å². The SMILES string of the molecule is Cc1cccc(-c2nnc(CCCNC(C)(C)C)o2)c1F. The smallest absolute Gasteiger partial charge is 0.250 e. The minimum Gasteiger partial charge on any atom is -0.421 e. The van der Waals surface area contributed by atoms with Crippen LogP contribution in [-0.4, -0.2) is 22.3 Å². The van der Waals surface area contributed by atoms with Crippen molar-refractivity contribution in [2.45, 2.75) is 46.1 Å². The van der Waals surface area contributed by atoms with E-state index in [-0.39, 0.29) is 17.2 Å². The second-order valence-electron chi connectivity index (χ2n) is 6.22. The molecule has 0 aliphatic heterocycles. The molecule has 114 valence electrons. The number of nitrogens with zero attached hydrogens (tertiary/aromatic N) is 2. The third-order valence-corrected chi connectivity index (χ3v) is 3.11. The van der Waals surface area contributed by atoms with Crippen molar-refractivity contribution in [2.75, 3.05) is 6.54 Å². The molecule has 1 heterocycles. The Labute approximate surface area is 124 Å². The topological polar surface area (TPSA) is 51.0 Å². The summed E-state index contributed by atoms with van der Waals surface area (Å²) in [5.74, 6) is 0.485. The van der Waals surface area contributed by atoms with Crippen LogP contribution < -0.4 is 5.32 Å². The molecule has 0 fully saturated rings. The Morgan fingerprint density at radius 3 is 2.71 bits per heavy atom. The van der Waals surface area contributed by atoms with E-state index in [0.717, 1.165) is 13.0 Å². The lowest BCUT2D eigenvalue weighted by Crippen LogP contribution is -2.36. The number of hydrogen-bond acceptors (Lipinski definition) is 4. The highest BCUT2D eigenvalue weighted by Crippen LogP contribution is 2.23. The number of aromatic nitrogens is 2. The van der Waals surface area contributed by atoms with E-state index in [4.69, 9.17) is 4.42 Å². The van der Waals surface area contributed by atoms with Gasteiger partial charge in [-0.3, -0.25) is 0 Å². The van der Waals surface area contributed by atoms with Crippen molar-refractivity contribution in [1.29, 1.82) is 0 Å². The lowest BCUT2D eigenvalue weighted by atomic mass is 10.1. The first-order valence-electron chi connectivity index (χ1n) is 7.20. The first-order valence-corrected chi connectivity index (χ1v) is 7.20. The molecule has 21 heavy (non-hydrogen) atoms. The van der Waals surface area contributed by atoms with Gasteiger partial charge in [0.1, 0.15) is 5.82 Å². The molecule has 0 bridgehead atoms. The molecule has 1 aromatic heterocycles. The van der Waals surface area contributed by atoms with E-state index in [1.807, 2.05) is 0 Å². The highest BCUT2D eigenvalue weighted by atomic mass is 19.1. The van der Waals surface area contributed by atoms with Crippen molar-refractivity contribution in [2.24, 2.45) is 0 Å². The summed E-state index contributed by atoms with van der Waals surface area (Å²) in [6, 6.07) is 5.15. The number of hydrogen-bond donors (Lipinski definition) is 1. The summed E-state index contributed by atoms with van der Waals surface area (Å²) in [4.78, 5) is 0. The maximum absolute atomic E-state index is 14.0. The van der Waals surface area contributed by atoms with Gasteiger partial charge >= 0.3 is 0 Å². The van der Waals surface area contributed by atoms with Crippen molar-refractivity contribution in [3.05, 3.63) is 35.5 Å². The van der Waals surface area contributed by atoms with Gasteiger partial charge in [0.15, 0.2) is 0 Å². The zero-order valence-electron chi connectivity index (χ0n) is 13.0. The lowest BCUT2D eigenvalue weighted by Gasteiger charge is -2.19. The second kappa shape index (κ2) is 6.35. The summed E-state index contributed by atoms with van der Waals surface area (Å²) in [6.07, 6.45) is 1.58. The van der Waals surface area contributed by atoms with Crippen LogP contribution in [0.4, 0.5) is 4.39 Å². The fourth-order valence-corrected chi connectivity index (χ4v) is 1.98. The molecule has 0 unspecified atom stereocenters. The van der Waals surface area contributed by atoms with Crippen LogP contribution in [0.3, 0.4) is 0 Å². The Kier molecular flexibility index (Phi) is 4.73. The molecular formula is C16H22FN3O. The van der Waals surface area contributed by atoms with E-state index in [9.17, 15) is 4.39 Å². The maximum Gasteiger partial charge on any atom is 0.250 e. The summed E-state index contributed by atoms with van der Waals surface area (Å²) in [7, 11) is 0. The fourth-order valence-electron chi connectivity index (χ4n) is 1.98. The van der Waals surface area contributed by atoms with E-state index in [2.05, 4.69) is 36.3 Å². The molecule has 1 aromatic carbocycles. The van der Waals surface area contributed by atoms with Gasteiger partial charge in [-0.05, 0) is 52.3 Å². The standard InChI is InChI=1S/C16H22FN3O/c1-11-7-5-8-12(14(11)17)15-20-19-13(21-15)9-6-10-18-16(2,3)4/h5,7-8,18H,6,9-10H2,1-4H3. The lowest BCUT2D eigenvalue weighted by molar-refractivity contribution is 0.412. The minimum absolute atomic E-state index is 0.102. The quantitative estimate of drug-likeness (QED) is 0.857. The summed E-state index contributed by atoms with van der Waals surface area (Å²) in [5.41, 5.74) is 1.04. The van der Waals surface area contributed by atoms with Gasteiger partial charge in [0.05, 0.1) is 5.56 Å². The van der Waals surface area contributed by atoms with Crippen LogP contribution in [0.5, 0.6) is 0 Å². The summed E-state index contributed by atoms with van der Waals surface area (Å²) in [6.45, 7) is 8.96. The molecule has 5 heteroatoms. The van der Waals surface area contributed by atoms with Crippen molar-refractivity contribution in [3.63, 3.8) is 0 Å². The first kappa shape index (κ1) is 15.6. The third kappa shape index (κ3) is 4.36. The molecular weight excluding hydrogens is 269 g/mol. The van der Waals surface area contributed by atoms with E-state index < -0.39 is 0 Å². The number of aryl methyl sites for hydroxylation is 2. The van der Waals surface area contributed by atoms with Crippen molar-refractivity contribution in [3.8, 4) is 11.5 Å². The Morgan fingerprint density at radius 1 is 1.24 bits per heavy atom. The van der Waals surface area contributed by atoms with Crippen LogP contribution in [0.2, 0.25) is 0 Å². The van der Waals surface area contributed by atoms with Crippen LogP contribution in [0, 0.1) is 12.7 Å². The van der Waals surface area contributed by atoms with Gasteiger partial charge in [-0.25, -0.2) is 4.39 Å². The van der Waals surface area contributed by atoms with E-state index in [0.29, 0.717) is 23.4 Å². The molecule has 4 nitrogen and oxygen atoms in total. The number of benzene rings is 1. The molecule has 0 aliphatic rings. The van der Waals surface area contributed by atoms with Gasteiger partial charge in [-0.15, -0.1) is 10.2 Å². The molecule has 0 saturated carbocycles. The molecule has 0 radical (unpaired) electrons. The minimum atomic E-state index is -0.304. The van der Waals surface area contributed by atoms with E-state index >= 15 is 0 Å². The van der Waals surface area contributed by atoms with E-state index in [1.54, 1.807) is 25.1 Å². The molecule has 0 aliphatic carbocycles. The van der Waals surface area contributed by atoms with Crippen LogP contribution in [-0.2, 0) is 6.42 Å². The molecule has 2 aromatic rings. The number of nitrogens with one attached hydrogen (secondary N) is 1. The Morgan fingerprint density at radius 2 is 2.00 bits per heavy atom. The molecule has 0 spiro atoms. The number of halogens is 1. The average molecular weight is 291 g/mol. The van der Waals surface area contributed by atoms with Gasteiger partial charge in [-0.2, -0.15) is 0 Å². The van der Waals surface area contributed by atoms with Gasteiger partial charge < -0.3 is 9.73 Å². The average Bonchev–Trinajstić information content (AvgIpc) is 2.85. The molecule has 0 amide bonds. The Bertz CT molecular complexity index is 602. The van der Waals surface area contributed by atoms with Crippen molar-refractivity contribution >= 4 is 0 Å². The largest absolute Gasteiger partial charge is 0.421 e. The molecule has 0 saturated heterocycles. The fraction of sp³-hybridized carbons (Fsp3) is 0.500. The Balaban J connectivity index is 1.97. The second-order valence-corrected chi connectivity index (χ2v) is 6.22. The zero-order chi connectivity index (χ0) is 15.5. The highest BCUT2D eigenvalue weighted by molar-refractivity contribution is 5.55. The predicted molar refractivity (Wildman–Crippen MR) is 80.5 cm³/mol. The van der Waals surface area contributed by atoms with Gasteiger partial charge in [0.2, 0.25) is 5.89 Å². The normalized spacial score (nSPS) is 11.9. The van der Waals surface area contributed by atoms with Crippen LogP contribution >= 0.6 is 0 Å². The first-order chi connectivity index (χ1) is 9.87. The van der Waals surface area contributed by atoms with Gasteiger partial charge in [0.25, 0.3) is 5.89 Å². The third-order valence-electron chi connectivity index (χ3n) is 3.11. The molecule has 2 rings (SSSR count). The molecule has 1 N–H and O–H groups in total. The summed E-state index contributed by atoms with van der Waals surface area (Å²) in [5, 5.41) is 11.3. The molecule has 0 atom stereocenters. The highest BCUT2D eigenvalue weighted by Gasteiger charge is 2.14. The van der Waals surface area contributed by atoms with Gasteiger partial charge in [0, 0.05) is 12.0 Å². The van der Waals surface area contributed by atoms with E-state index in [1.165, 1.54) is 0 Å². The van der Waals surface area contributed by atoms with Crippen LogP contribution in [0.25, 0.3) is 11.5 Å². The Hall–Kier alpha value is -1.75. The van der Waals surface area contributed by atoms with Gasteiger partial charge in [-0.1, -0.05) is 12.1 Å². The van der Waals surface area contributed by atoms with Crippen molar-refractivity contribution in [1.82, 2.24) is 15.5 Å². The zero-order valence-corrected chi connectivity index (χ0v) is 13.0. The summed E-state index contributed by atoms with van der Waals surface area (Å²) < 4.78 is 19.5.